The van der Waals surface area contributed by atoms with Gasteiger partial charge in [0.15, 0.2) is 0 Å². The number of amides is 1. The molecule has 3 heterocycles. The van der Waals surface area contributed by atoms with Crippen molar-refractivity contribution in [3.63, 3.8) is 0 Å². The summed E-state index contributed by atoms with van der Waals surface area (Å²) in [6, 6.07) is 0.626. The van der Waals surface area contributed by atoms with Gasteiger partial charge in [0.25, 0.3) is 0 Å². The Kier molecular flexibility index (Phi) is 4.45. The lowest BCUT2D eigenvalue weighted by Gasteiger charge is -2.27. The van der Waals surface area contributed by atoms with E-state index < -0.39 is 5.97 Å². The first-order valence-corrected chi connectivity index (χ1v) is 8.01. The summed E-state index contributed by atoms with van der Waals surface area (Å²) in [5, 5.41) is 9.24. The second-order valence-corrected chi connectivity index (χ2v) is 6.31. The molecule has 3 aliphatic heterocycles. The van der Waals surface area contributed by atoms with Crippen LogP contribution in [0.2, 0.25) is 0 Å². The van der Waals surface area contributed by atoms with Gasteiger partial charge in [0.2, 0.25) is 5.91 Å². The standard InChI is InChI=1S/C15H24N2O4/c18-14(16-6-8-21-9-7-16)2-1-5-17-11-3-4-13(17)12(10-11)15(19)20/h11-13H,1-10H2,(H,19,20). The van der Waals surface area contributed by atoms with E-state index in [4.69, 9.17) is 4.74 Å². The number of carbonyl (C=O) groups is 2. The first-order valence-electron chi connectivity index (χ1n) is 8.01. The highest BCUT2D eigenvalue weighted by molar-refractivity contribution is 5.76. The number of morpholine rings is 1. The number of rotatable bonds is 5. The van der Waals surface area contributed by atoms with E-state index in [9.17, 15) is 14.7 Å². The predicted molar refractivity (Wildman–Crippen MR) is 75.9 cm³/mol. The van der Waals surface area contributed by atoms with Crippen molar-refractivity contribution in [2.75, 3.05) is 32.8 Å². The third-order valence-corrected chi connectivity index (χ3v) is 5.17. The molecule has 3 atom stereocenters. The van der Waals surface area contributed by atoms with E-state index in [0.29, 0.717) is 38.8 Å². The van der Waals surface area contributed by atoms with Crippen LogP contribution in [0.15, 0.2) is 0 Å². The minimum atomic E-state index is -0.656. The number of ether oxygens (including phenoxy) is 1. The number of fused-ring (bicyclic) bond motifs is 2. The van der Waals surface area contributed by atoms with E-state index in [0.717, 1.165) is 32.2 Å². The fourth-order valence-corrected chi connectivity index (χ4v) is 4.10. The van der Waals surface area contributed by atoms with Gasteiger partial charge in [0.05, 0.1) is 19.1 Å². The number of carboxylic acids is 1. The maximum Gasteiger partial charge on any atom is 0.308 e. The van der Waals surface area contributed by atoms with Crippen molar-refractivity contribution in [2.45, 2.75) is 44.2 Å². The van der Waals surface area contributed by atoms with Crippen LogP contribution >= 0.6 is 0 Å². The molecule has 0 aliphatic carbocycles. The summed E-state index contributed by atoms with van der Waals surface area (Å²) in [4.78, 5) is 27.5. The van der Waals surface area contributed by atoms with Crippen LogP contribution in [0.4, 0.5) is 0 Å². The van der Waals surface area contributed by atoms with Crippen LogP contribution in [0.3, 0.4) is 0 Å². The summed E-state index contributed by atoms with van der Waals surface area (Å²) in [6.07, 6.45) is 4.30. The molecule has 0 spiro atoms. The maximum atomic E-state index is 12.1. The van der Waals surface area contributed by atoms with E-state index >= 15 is 0 Å². The average molecular weight is 296 g/mol. The Morgan fingerprint density at radius 3 is 2.62 bits per heavy atom. The summed E-state index contributed by atoms with van der Waals surface area (Å²) in [6.45, 7) is 3.55. The molecule has 118 valence electrons. The zero-order valence-electron chi connectivity index (χ0n) is 12.4. The van der Waals surface area contributed by atoms with E-state index in [-0.39, 0.29) is 17.9 Å². The van der Waals surface area contributed by atoms with Crippen molar-refractivity contribution in [1.29, 1.82) is 0 Å². The van der Waals surface area contributed by atoms with Gasteiger partial charge < -0.3 is 14.7 Å². The van der Waals surface area contributed by atoms with Crippen LogP contribution in [0.1, 0.15) is 32.1 Å². The van der Waals surface area contributed by atoms with Gasteiger partial charge in [-0.2, -0.15) is 0 Å². The second-order valence-electron chi connectivity index (χ2n) is 6.31. The fourth-order valence-electron chi connectivity index (χ4n) is 4.10. The Morgan fingerprint density at radius 2 is 1.95 bits per heavy atom. The van der Waals surface area contributed by atoms with Gasteiger partial charge in [-0.25, -0.2) is 0 Å². The lowest BCUT2D eigenvalue weighted by Crippen LogP contribution is -2.41. The molecule has 3 aliphatic rings. The van der Waals surface area contributed by atoms with Gasteiger partial charge >= 0.3 is 5.97 Å². The van der Waals surface area contributed by atoms with Crippen LogP contribution < -0.4 is 0 Å². The Balaban J connectivity index is 1.43. The van der Waals surface area contributed by atoms with Crippen molar-refractivity contribution < 1.29 is 19.4 Å². The zero-order valence-corrected chi connectivity index (χ0v) is 12.4. The molecule has 0 aromatic carbocycles. The minimum absolute atomic E-state index is 0.196. The topological polar surface area (TPSA) is 70.1 Å². The van der Waals surface area contributed by atoms with Gasteiger partial charge in [-0.3, -0.25) is 14.5 Å². The first-order chi connectivity index (χ1) is 10.2. The van der Waals surface area contributed by atoms with Crippen molar-refractivity contribution in [1.82, 2.24) is 9.80 Å². The number of aliphatic carboxylic acids is 1. The van der Waals surface area contributed by atoms with Gasteiger partial charge in [-0.1, -0.05) is 0 Å². The molecule has 1 N–H and O–H groups in total. The molecule has 6 heteroatoms. The second kappa shape index (κ2) is 6.32. The molecule has 3 fully saturated rings. The van der Waals surface area contributed by atoms with Crippen LogP contribution in [0, 0.1) is 5.92 Å². The molecule has 0 saturated carbocycles. The van der Waals surface area contributed by atoms with Gasteiger partial charge in [-0.05, 0) is 32.2 Å². The van der Waals surface area contributed by atoms with Crippen LogP contribution in [-0.2, 0) is 14.3 Å². The molecule has 3 unspecified atom stereocenters. The Morgan fingerprint density at radius 1 is 1.19 bits per heavy atom. The monoisotopic (exact) mass is 296 g/mol. The maximum absolute atomic E-state index is 12.1. The third kappa shape index (κ3) is 3.06. The normalized spacial score (nSPS) is 32.6. The lowest BCUT2D eigenvalue weighted by molar-refractivity contribution is -0.142. The highest BCUT2D eigenvalue weighted by atomic mass is 16.5. The number of carboxylic acid groups (broad SMARTS) is 1. The van der Waals surface area contributed by atoms with Crippen LogP contribution in [-0.4, -0.2) is 71.7 Å². The van der Waals surface area contributed by atoms with Gasteiger partial charge in [-0.15, -0.1) is 0 Å². The summed E-state index contributed by atoms with van der Waals surface area (Å²) >= 11 is 0. The van der Waals surface area contributed by atoms with E-state index in [1.807, 2.05) is 4.90 Å². The summed E-state index contributed by atoms with van der Waals surface area (Å²) < 4.78 is 5.25. The minimum Gasteiger partial charge on any atom is -0.481 e. The van der Waals surface area contributed by atoms with Crippen molar-refractivity contribution >= 4 is 11.9 Å². The Labute approximate surface area is 125 Å². The van der Waals surface area contributed by atoms with Crippen LogP contribution in [0.25, 0.3) is 0 Å². The highest BCUT2D eigenvalue weighted by Gasteiger charge is 2.48. The Hall–Kier alpha value is -1.14. The number of hydrogen-bond acceptors (Lipinski definition) is 4. The highest BCUT2D eigenvalue weighted by Crippen LogP contribution is 2.41. The van der Waals surface area contributed by atoms with Crippen molar-refractivity contribution in [2.24, 2.45) is 5.92 Å². The summed E-state index contributed by atoms with van der Waals surface area (Å²) in [7, 11) is 0. The van der Waals surface area contributed by atoms with Crippen molar-refractivity contribution in [3.05, 3.63) is 0 Å². The predicted octanol–water partition coefficient (Wildman–Crippen LogP) is 0.563. The molecule has 6 nitrogen and oxygen atoms in total. The summed E-state index contributed by atoms with van der Waals surface area (Å²) in [5.74, 6) is -0.644. The molecule has 21 heavy (non-hydrogen) atoms. The molecular formula is C15H24N2O4. The quantitative estimate of drug-likeness (QED) is 0.803. The van der Waals surface area contributed by atoms with E-state index in [1.54, 1.807) is 0 Å². The SMILES string of the molecule is O=C(O)C1CC2CCC1N2CCCC(=O)N1CCOCC1. The number of carbonyl (C=O) groups excluding carboxylic acids is 1. The number of hydrogen-bond donors (Lipinski definition) is 1. The molecule has 0 aromatic heterocycles. The largest absolute Gasteiger partial charge is 0.481 e. The van der Waals surface area contributed by atoms with Crippen LogP contribution in [0.5, 0.6) is 0 Å². The van der Waals surface area contributed by atoms with E-state index in [1.165, 1.54) is 0 Å². The summed E-state index contributed by atoms with van der Waals surface area (Å²) in [5.41, 5.74) is 0. The third-order valence-electron chi connectivity index (χ3n) is 5.17. The zero-order chi connectivity index (χ0) is 14.8. The lowest BCUT2D eigenvalue weighted by atomic mass is 9.89. The molecule has 2 bridgehead atoms. The molecule has 3 saturated heterocycles. The smallest absolute Gasteiger partial charge is 0.308 e. The molecule has 1 amide bonds. The Bertz CT molecular complexity index is 408. The molecule has 0 aromatic rings. The molecule has 3 rings (SSSR count). The molecular weight excluding hydrogens is 272 g/mol. The van der Waals surface area contributed by atoms with Gasteiger partial charge in [0.1, 0.15) is 0 Å². The molecule has 0 radical (unpaired) electrons. The average Bonchev–Trinajstić information content (AvgIpc) is 3.05. The first kappa shape index (κ1) is 14.8. The fraction of sp³-hybridized carbons (Fsp3) is 0.867. The van der Waals surface area contributed by atoms with Crippen molar-refractivity contribution in [3.8, 4) is 0 Å². The number of nitrogens with zero attached hydrogens (tertiary/aromatic N) is 2. The van der Waals surface area contributed by atoms with E-state index in [2.05, 4.69) is 4.90 Å². The van der Waals surface area contributed by atoms with Gasteiger partial charge in [0, 0.05) is 31.6 Å².